The molecule has 0 radical (unpaired) electrons. The van der Waals surface area contributed by atoms with E-state index in [0.29, 0.717) is 35.0 Å². The van der Waals surface area contributed by atoms with E-state index in [9.17, 15) is 14.4 Å². The highest BCUT2D eigenvalue weighted by Crippen LogP contribution is 2.35. The van der Waals surface area contributed by atoms with Crippen molar-refractivity contribution in [2.45, 2.75) is 18.8 Å². The van der Waals surface area contributed by atoms with Gasteiger partial charge < -0.3 is 4.74 Å². The molecule has 0 saturated heterocycles. The van der Waals surface area contributed by atoms with Crippen molar-refractivity contribution in [3.05, 3.63) is 68.0 Å². The molecule has 138 valence electrons. The van der Waals surface area contributed by atoms with E-state index in [1.165, 1.54) is 17.8 Å². The average Bonchev–Trinajstić information content (AvgIpc) is 2.69. The first-order chi connectivity index (χ1) is 12.9. The predicted molar refractivity (Wildman–Crippen MR) is 101 cm³/mol. The molecule has 7 heteroatoms. The topological polar surface area (TPSA) is 83.2 Å². The Bertz CT molecular complexity index is 1190. The van der Waals surface area contributed by atoms with Gasteiger partial charge in [-0.1, -0.05) is 12.1 Å². The number of rotatable bonds is 2. The lowest BCUT2D eigenvalue weighted by atomic mass is 9.79. The van der Waals surface area contributed by atoms with Gasteiger partial charge in [0.05, 0.1) is 12.5 Å². The summed E-state index contributed by atoms with van der Waals surface area (Å²) in [6, 6.07) is 7.61. The fraction of sp³-hybridized carbons (Fsp3) is 0.300. The van der Waals surface area contributed by atoms with Gasteiger partial charge in [-0.25, -0.2) is 9.78 Å². The van der Waals surface area contributed by atoms with Gasteiger partial charge in [0.1, 0.15) is 11.4 Å². The van der Waals surface area contributed by atoms with Gasteiger partial charge in [0.15, 0.2) is 5.78 Å². The highest BCUT2D eigenvalue weighted by molar-refractivity contribution is 6.02. The molecule has 2 aromatic heterocycles. The van der Waals surface area contributed by atoms with Gasteiger partial charge in [0.25, 0.3) is 5.56 Å². The molecule has 0 fully saturated rings. The van der Waals surface area contributed by atoms with Gasteiger partial charge in [0, 0.05) is 32.3 Å². The molecule has 1 aliphatic carbocycles. The molecule has 0 bridgehead atoms. The normalized spacial score (nSPS) is 16.4. The van der Waals surface area contributed by atoms with Crippen LogP contribution in [0.5, 0.6) is 5.75 Å². The number of ether oxygens (including phenoxy) is 1. The summed E-state index contributed by atoms with van der Waals surface area (Å²) in [6.07, 6.45) is 2.39. The fourth-order valence-electron chi connectivity index (χ4n) is 3.80. The number of methoxy groups -OCH3 is 1. The van der Waals surface area contributed by atoms with Crippen LogP contribution >= 0.6 is 0 Å². The van der Waals surface area contributed by atoms with Crippen molar-refractivity contribution >= 4 is 16.8 Å². The van der Waals surface area contributed by atoms with Crippen LogP contribution in [0.25, 0.3) is 11.0 Å². The third-order valence-corrected chi connectivity index (χ3v) is 5.35. The Kier molecular flexibility index (Phi) is 3.95. The first kappa shape index (κ1) is 17.2. The second kappa shape index (κ2) is 6.19. The molecule has 2 heterocycles. The lowest BCUT2D eigenvalue weighted by Crippen LogP contribution is -2.38. The highest BCUT2D eigenvalue weighted by Gasteiger charge is 2.30. The number of benzene rings is 1. The van der Waals surface area contributed by atoms with Crippen LogP contribution in [0.4, 0.5) is 0 Å². The van der Waals surface area contributed by atoms with Crippen molar-refractivity contribution in [2.75, 3.05) is 7.11 Å². The number of carbonyl (C=O) groups is 1. The summed E-state index contributed by atoms with van der Waals surface area (Å²) in [6.45, 7) is 0. The number of carbonyl (C=O) groups excluding carboxylic acids is 1. The SMILES string of the molecule is COc1ccc([C@@H]2CC(=O)c3cnc4c(c3C2)c(=O)n(C)c(=O)n4C)cc1. The van der Waals surface area contributed by atoms with E-state index in [4.69, 9.17) is 4.74 Å². The van der Waals surface area contributed by atoms with Crippen molar-refractivity contribution in [3.8, 4) is 5.75 Å². The van der Waals surface area contributed by atoms with Crippen LogP contribution in [0, 0.1) is 0 Å². The number of hydrogen-bond donors (Lipinski definition) is 0. The number of nitrogens with zero attached hydrogens (tertiary/aromatic N) is 3. The number of aromatic nitrogens is 3. The van der Waals surface area contributed by atoms with Crippen LogP contribution in [0.1, 0.15) is 33.8 Å². The van der Waals surface area contributed by atoms with Crippen molar-refractivity contribution in [2.24, 2.45) is 14.1 Å². The predicted octanol–water partition coefficient (Wildman–Crippen LogP) is 1.55. The van der Waals surface area contributed by atoms with Crippen molar-refractivity contribution in [3.63, 3.8) is 0 Å². The van der Waals surface area contributed by atoms with Gasteiger partial charge in [-0.05, 0) is 35.6 Å². The Morgan fingerprint density at radius 3 is 2.41 bits per heavy atom. The third-order valence-electron chi connectivity index (χ3n) is 5.35. The van der Waals surface area contributed by atoms with Crippen LogP contribution in [0.2, 0.25) is 0 Å². The zero-order valence-electron chi connectivity index (χ0n) is 15.4. The van der Waals surface area contributed by atoms with Crippen LogP contribution in [0.3, 0.4) is 0 Å². The second-order valence-corrected chi connectivity index (χ2v) is 6.86. The number of ketones is 1. The first-order valence-electron chi connectivity index (χ1n) is 8.67. The zero-order valence-corrected chi connectivity index (χ0v) is 15.4. The Labute approximate surface area is 154 Å². The molecular formula is C20H19N3O4. The van der Waals surface area contributed by atoms with Crippen LogP contribution in [0.15, 0.2) is 40.1 Å². The van der Waals surface area contributed by atoms with E-state index in [2.05, 4.69) is 4.98 Å². The summed E-state index contributed by atoms with van der Waals surface area (Å²) in [5, 5.41) is 0.351. The quantitative estimate of drug-likeness (QED) is 0.688. The molecule has 1 atom stereocenters. The molecule has 4 rings (SSSR count). The molecule has 3 aromatic rings. The molecule has 27 heavy (non-hydrogen) atoms. The Balaban J connectivity index is 1.92. The number of fused-ring (bicyclic) bond motifs is 3. The smallest absolute Gasteiger partial charge is 0.332 e. The number of pyridine rings is 1. The molecule has 0 amide bonds. The number of hydrogen-bond acceptors (Lipinski definition) is 5. The molecule has 1 aliphatic rings. The highest BCUT2D eigenvalue weighted by atomic mass is 16.5. The summed E-state index contributed by atoms with van der Waals surface area (Å²) < 4.78 is 7.60. The lowest BCUT2D eigenvalue weighted by molar-refractivity contribution is 0.0964. The van der Waals surface area contributed by atoms with E-state index < -0.39 is 11.2 Å². The average molecular weight is 365 g/mol. The number of Topliss-reactive ketones (excluding diaryl/α,β-unsaturated/α-hetero) is 1. The summed E-state index contributed by atoms with van der Waals surface area (Å²) >= 11 is 0. The van der Waals surface area contributed by atoms with E-state index in [0.717, 1.165) is 15.9 Å². The Morgan fingerprint density at radius 1 is 1.04 bits per heavy atom. The van der Waals surface area contributed by atoms with E-state index >= 15 is 0 Å². The third kappa shape index (κ3) is 2.58. The van der Waals surface area contributed by atoms with E-state index in [1.807, 2.05) is 24.3 Å². The van der Waals surface area contributed by atoms with E-state index in [1.54, 1.807) is 14.2 Å². The Morgan fingerprint density at radius 2 is 1.74 bits per heavy atom. The summed E-state index contributed by atoms with van der Waals surface area (Å²) in [7, 11) is 4.62. The lowest BCUT2D eigenvalue weighted by Gasteiger charge is -2.25. The van der Waals surface area contributed by atoms with Crippen LogP contribution in [-0.2, 0) is 20.5 Å². The fourth-order valence-corrected chi connectivity index (χ4v) is 3.80. The summed E-state index contributed by atoms with van der Waals surface area (Å²) in [5.74, 6) is 0.672. The molecule has 0 N–H and O–H groups in total. The van der Waals surface area contributed by atoms with Crippen LogP contribution < -0.4 is 16.0 Å². The minimum absolute atomic E-state index is 0.0385. The summed E-state index contributed by atoms with van der Waals surface area (Å²) in [4.78, 5) is 42.0. The maximum absolute atomic E-state index is 12.8. The molecule has 7 nitrogen and oxygen atoms in total. The Hall–Kier alpha value is -3.22. The van der Waals surface area contributed by atoms with Crippen LogP contribution in [-0.4, -0.2) is 27.0 Å². The zero-order chi connectivity index (χ0) is 19.3. The van der Waals surface area contributed by atoms with Gasteiger partial charge in [0.2, 0.25) is 0 Å². The van der Waals surface area contributed by atoms with Gasteiger partial charge >= 0.3 is 5.69 Å². The summed E-state index contributed by atoms with van der Waals surface area (Å²) in [5.41, 5.74) is 1.62. The minimum Gasteiger partial charge on any atom is -0.497 e. The molecule has 1 aromatic carbocycles. The molecule has 0 saturated carbocycles. The first-order valence-corrected chi connectivity index (χ1v) is 8.67. The monoisotopic (exact) mass is 365 g/mol. The maximum atomic E-state index is 12.8. The van der Waals surface area contributed by atoms with Crippen molar-refractivity contribution in [1.29, 1.82) is 0 Å². The van der Waals surface area contributed by atoms with Crippen molar-refractivity contribution in [1.82, 2.24) is 14.1 Å². The van der Waals surface area contributed by atoms with Gasteiger partial charge in [-0.15, -0.1) is 0 Å². The standard InChI is InChI=1S/C20H19N3O4/c1-22-18-17(19(25)23(2)20(22)26)14-8-12(9-16(24)15(14)10-21-18)11-4-6-13(27-3)7-5-11/h4-7,10,12H,8-9H2,1-3H3/t12-/m0/s1. The second-order valence-electron chi connectivity index (χ2n) is 6.86. The molecule has 0 spiro atoms. The molecule has 0 aliphatic heterocycles. The molecular weight excluding hydrogens is 346 g/mol. The molecule has 0 unspecified atom stereocenters. The minimum atomic E-state index is -0.436. The maximum Gasteiger partial charge on any atom is 0.332 e. The largest absolute Gasteiger partial charge is 0.497 e. The van der Waals surface area contributed by atoms with E-state index in [-0.39, 0.29) is 11.7 Å². The van der Waals surface area contributed by atoms with Gasteiger partial charge in [-0.2, -0.15) is 0 Å². The van der Waals surface area contributed by atoms with Crippen molar-refractivity contribution < 1.29 is 9.53 Å². The van der Waals surface area contributed by atoms with Gasteiger partial charge in [-0.3, -0.25) is 18.7 Å². The number of aryl methyl sites for hydroxylation is 1.